The quantitative estimate of drug-likeness (QED) is 0.902. The lowest BCUT2D eigenvalue weighted by Gasteiger charge is -2.08. The van der Waals surface area contributed by atoms with Crippen LogP contribution in [0.2, 0.25) is 0 Å². The molecule has 1 fully saturated rings. The van der Waals surface area contributed by atoms with Crippen LogP contribution in [0.1, 0.15) is 12.8 Å². The van der Waals surface area contributed by atoms with Gasteiger partial charge < -0.3 is 10.1 Å². The van der Waals surface area contributed by atoms with Crippen LogP contribution in [0.5, 0.6) is 0 Å². The van der Waals surface area contributed by atoms with Crippen molar-refractivity contribution in [1.82, 2.24) is 4.37 Å². The molecule has 0 radical (unpaired) electrons. The van der Waals surface area contributed by atoms with Crippen molar-refractivity contribution in [3.63, 3.8) is 0 Å². The molecule has 1 aromatic heterocycles. The summed E-state index contributed by atoms with van der Waals surface area (Å²) in [7, 11) is 0. The Hall–Kier alpha value is -1.13. The second-order valence-corrected chi connectivity index (χ2v) is 5.25. The maximum Gasteiger partial charge on any atom is 0.117 e. The molecule has 0 bridgehead atoms. The molecule has 1 N–H and O–H groups in total. The van der Waals surface area contributed by atoms with E-state index in [0.29, 0.717) is 0 Å². The predicted octanol–water partition coefficient (Wildman–Crippen LogP) is 3.13. The number of hydrogen-bond donors (Lipinski definition) is 1. The maximum atomic E-state index is 5.38. The van der Waals surface area contributed by atoms with Gasteiger partial charge in [-0.1, -0.05) is 12.1 Å². The Morgan fingerprint density at radius 2 is 2.35 bits per heavy atom. The fraction of sp³-hybridized carbons (Fsp3) is 0.462. The van der Waals surface area contributed by atoms with Crippen molar-refractivity contribution in [3.05, 3.63) is 24.3 Å². The van der Waals surface area contributed by atoms with Crippen molar-refractivity contribution < 1.29 is 4.74 Å². The molecule has 4 heteroatoms. The Kier molecular flexibility index (Phi) is 3.25. The Morgan fingerprint density at radius 1 is 1.41 bits per heavy atom. The van der Waals surface area contributed by atoms with Crippen LogP contribution >= 0.6 is 11.5 Å². The lowest BCUT2D eigenvalue weighted by atomic mass is 10.1. The second kappa shape index (κ2) is 5.02. The minimum atomic E-state index is 0.738. The van der Waals surface area contributed by atoms with Gasteiger partial charge in [0.1, 0.15) is 5.00 Å². The van der Waals surface area contributed by atoms with Gasteiger partial charge in [-0.05, 0) is 42.4 Å². The Morgan fingerprint density at radius 3 is 3.24 bits per heavy atom. The molecular formula is C13H16N2OS. The van der Waals surface area contributed by atoms with Crippen LogP contribution in [-0.2, 0) is 4.74 Å². The summed E-state index contributed by atoms with van der Waals surface area (Å²) >= 11 is 1.55. The van der Waals surface area contributed by atoms with Gasteiger partial charge in [-0.25, -0.2) is 0 Å². The third-order valence-corrected chi connectivity index (χ3v) is 4.08. The normalized spacial score (nSPS) is 19.9. The number of rotatable bonds is 4. The van der Waals surface area contributed by atoms with Crippen LogP contribution in [0.3, 0.4) is 0 Å². The maximum absolute atomic E-state index is 5.38. The van der Waals surface area contributed by atoms with Crippen molar-refractivity contribution in [2.45, 2.75) is 12.8 Å². The van der Waals surface area contributed by atoms with Gasteiger partial charge in [0.25, 0.3) is 0 Å². The molecular weight excluding hydrogens is 232 g/mol. The fourth-order valence-electron chi connectivity index (χ4n) is 2.22. The van der Waals surface area contributed by atoms with E-state index in [9.17, 15) is 0 Å². The van der Waals surface area contributed by atoms with E-state index in [1.165, 1.54) is 23.2 Å². The van der Waals surface area contributed by atoms with Gasteiger partial charge in [-0.3, -0.25) is 0 Å². The average Bonchev–Trinajstić information content (AvgIpc) is 2.99. The zero-order chi connectivity index (χ0) is 11.5. The molecule has 0 amide bonds. The molecule has 3 rings (SSSR count). The summed E-state index contributed by atoms with van der Waals surface area (Å²) in [5.41, 5.74) is 1.09. The van der Waals surface area contributed by atoms with Gasteiger partial charge in [-0.15, -0.1) is 0 Å². The SMILES string of the molecule is c1ccc2c(NCCC3CCOC3)snc2c1. The zero-order valence-electron chi connectivity index (χ0n) is 9.69. The molecule has 2 heterocycles. The van der Waals surface area contributed by atoms with E-state index in [-0.39, 0.29) is 0 Å². The summed E-state index contributed by atoms with van der Waals surface area (Å²) < 4.78 is 9.80. The number of aromatic nitrogens is 1. The number of benzene rings is 1. The van der Waals surface area contributed by atoms with Crippen molar-refractivity contribution in [2.24, 2.45) is 5.92 Å². The highest BCUT2D eigenvalue weighted by Crippen LogP contribution is 2.27. The molecule has 1 unspecified atom stereocenters. The molecule has 3 nitrogen and oxygen atoms in total. The van der Waals surface area contributed by atoms with Crippen molar-refractivity contribution in [2.75, 3.05) is 25.1 Å². The van der Waals surface area contributed by atoms with Crippen LogP contribution in [0, 0.1) is 5.92 Å². The molecule has 1 aliphatic heterocycles. The van der Waals surface area contributed by atoms with Gasteiger partial charge >= 0.3 is 0 Å². The molecule has 0 spiro atoms. The van der Waals surface area contributed by atoms with Crippen LogP contribution in [0.15, 0.2) is 24.3 Å². The number of nitrogens with zero attached hydrogens (tertiary/aromatic N) is 1. The Labute approximate surface area is 105 Å². The summed E-state index contributed by atoms with van der Waals surface area (Å²) in [6, 6.07) is 8.27. The van der Waals surface area contributed by atoms with Crippen molar-refractivity contribution in [1.29, 1.82) is 0 Å². The van der Waals surface area contributed by atoms with E-state index in [1.807, 2.05) is 6.07 Å². The summed E-state index contributed by atoms with van der Waals surface area (Å²) in [6.45, 7) is 2.89. The topological polar surface area (TPSA) is 34.1 Å². The Bertz CT molecular complexity index is 491. The van der Waals surface area contributed by atoms with E-state index >= 15 is 0 Å². The number of ether oxygens (including phenoxy) is 1. The smallest absolute Gasteiger partial charge is 0.117 e. The Balaban J connectivity index is 1.60. The molecule has 1 aliphatic rings. The van der Waals surface area contributed by atoms with Crippen LogP contribution in [0.4, 0.5) is 5.00 Å². The van der Waals surface area contributed by atoms with E-state index in [2.05, 4.69) is 27.9 Å². The second-order valence-electron chi connectivity index (χ2n) is 4.47. The molecule has 17 heavy (non-hydrogen) atoms. The van der Waals surface area contributed by atoms with Gasteiger partial charge in [-0.2, -0.15) is 4.37 Å². The molecule has 90 valence electrons. The van der Waals surface area contributed by atoms with Gasteiger partial charge in [0.2, 0.25) is 0 Å². The monoisotopic (exact) mass is 248 g/mol. The highest BCUT2D eigenvalue weighted by Gasteiger charge is 2.15. The van der Waals surface area contributed by atoms with Gasteiger partial charge in [0, 0.05) is 25.1 Å². The van der Waals surface area contributed by atoms with Crippen LogP contribution in [0.25, 0.3) is 10.9 Å². The van der Waals surface area contributed by atoms with E-state index in [1.54, 1.807) is 11.5 Å². The standard InChI is InChI=1S/C13H16N2OS/c1-2-4-12-11(3-1)13(17-15-12)14-7-5-10-6-8-16-9-10/h1-4,10,14H,5-9H2. The largest absolute Gasteiger partial charge is 0.381 e. The average molecular weight is 248 g/mol. The number of fused-ring (bicyclic) bond motifs is 1. The lowest BCUT2D eigenvalue weighted by Crippen LogP contribution is -2.08. The molecule has 2 aromatic rings. The van der Waals surface area contributed by atoms with E-state index in [0.717, 1.165) is 31.2 Å². The summed E-state index contributed by atoms with van der Waals surface area (Å²) in [5.74, 6) is 0.738. The highest BCUT2D eigenvalue weighted by molar-refractivity contribution is 7.11. The van der Waals surface area contributed by atoms with Crippen LogP contribution in [-0.4, -0.2) is 24.1 Å². The zero-order valence-corrected chi connectivity index (χ0v) is 10.5. The third-order valence-electron chi connectivity index (χ3n) is 3.25. The van der Waals surface area contributed by atoms with E-state index in [4.69, 9.17) is 4.74 Å². The van der Waals surface area contributed by atoms with E-state index < -0.39 is 0 Å². The molecule has 1 aromatic carbocycles. The molecule has 0 saturated carbocycles. The number of hydrogen-bond acceptors (Lipinski definition) is 4. The minimum absolute atomic E-state index is 0.738. The third kappa shape index (κ3) is 2.42. The first-order chi connectivity index (χ1) is 8.43. The summed E-state index contributed by atoms with van der Waals surface area (Å²) in [4.78, 5) is 0. The lowest BCUT2D eigenvalue weighted by molar-refractivity contribution is 0.185. The van der Waals surface area contributed by atoms with Gasteiger partial charge in [0.05, 0.1) is 5.52 Å². The van der Waals surface area contributed by atoms with Crippen molar-refractivity contribution in [3.8, 4) is 0 Å². The first kappa shape index (κ1) is 11.0. The number of anilines is 1. The number of nitrogens with one attached hydrogen (secondary N) is 1. The highest BCUT2D eigenvalue weighted by atomic mass is 32.1. The molecule has 1 saturated heterocycles. The predicted molar refractivity (Wildman–Crippen MR) is 71.7 cm³/mol. The molecule has 0 aliphatic carbocycles. The van der Waals surface area contributed by atoms with Crippen LogP contribution < -0.4 is 5.32 Å². The first-order valence-electron chi connectivity index (χ1n) is 6.09. The minimum Gasteiger partial charge on any atom is -0.381 e. The summed E-state index contributed by atoms with van der Waals surface area (Å²) in [6.07, 6.45) is 2.40. The first-order valence-corrected chi connectivity index (χ1v) is 6.87. The van der Waals surface area contributed by atoms with Crippen molar-refractivity contribution >= 4 is 27.4 Å². The fourth-order valence-corrected chi connectivity index (χ4v) is 3.00. The summed E-state index contributed by atoms with van der Waals surface area (Å²) in [5, 5.41) is 5.93. The molecule has 1 atom stereocenters. The van der Waals surface area contributed by atoms with Gasteiger partial charge in [0.15, 0.2) is 0 Å².